The van der Waals surface area contributed by atoms with Gasteiger partial charge >= 0.3 is 6.03 Å². The van der Waals surface area contributed by atoms with E-state index in [1.54, 1.807) is 6.92 Å². The molecule has 1 rings (SSSR count). The van der Waals surface area contributed by atoms with Crippen molar-refractivity contribution < 1.29 is 19.0 Å². The van der Waals surface area contributed by atoms with Gasteiger partial charge in [-0.2, -0.15) is 0 Å². The lowest BCUT2D eigenvalue weighted by Gasteiger charge is -2.15. The Kier molecular flexibility index (Phi) is 6.24. The lowest BCUT2D eigenvalue weighted by atomic mass is 10.2. The highest BCUT2D eigenvalue weighted by molar-refractivity contribution is 5.90. The molecule has 0 aromatic heterocycles. The SMILES string of the molecule is CC(O)CCNC(=O)Nc1cc(F)ccc1OC(C)C. The van der Waals surface area contributed by atoms with Crippen LogP contribution in [0.15, 0.2) is 18.2 Å². The number of nitrogens with one attached hydrogen (secondary N) is 2. The summed E-state index contributed by atoms with van der Waals surface area (Å²) in [7, 11) is 0. The van der Waals surface area contributed by atoms with Crippen LogP contribution in [0.2, 0.25) is 0 Å². The molecule has 0 aliphatic rings. The number of benzene rings is 1. The Balaban J connectivity index is 2.65. The number of ether oxygens (including phenoxy) is 1. The maximum absolute atomic E-state index is 13.2. The van der Waals surface area contributed by atoms with Crippen LogP contribution >= 0.6 is 0 Å². The molecule has 0 aliphatic carbocycles. The van der Waals surface area contributed by atoms with Crippen LogP contribution in [-0.4, -0.2) is 29.9 Å². The lowest BCUT2D eigenvalue weighted by molar-refractivity contribution is 0.184. The zero-order valence-corrected chi connectivity index (χ0v) is 11.9. The summed E-state index contributed by atoms with van der Waals surface area (Å²) < 4.78 is 18.7. The van der Waals surface area contributed by atoms with Gasteiger partial charge in [0.1, 0.15) is 11.6 Å². The van der Waals surface area contributed by atoms with E-state index in [1.165, 1.54) is 18.2 Å². The van der Waals surface area contributed by atoms with E-state index in [0.717, 1.165) is 0 Å². The highest BCUT2D eigenvalue weighted by Gasteiger charge is 2.10. The molecule has 0 bridgehead atoms. The van der Waals surface area contributed by atoms with Crippen molar-refractivity contribution in [2.45, 2.75) is 39.4 Å². The second-order valence-electron chi connectivity index (χ2n) is 4.83. The van der Waals surface area contributed by atoms with E-state index >= 15 is 0 Å². The number of hydrogen-bond donors (Lipinski definition) is 3. The van der Waals surface area contributed by atoms with Crippen molar-refractivity contribution in [1.82, 2.24) is 5.32 Å². The molecule has 0 heterocycles. The summed E-state index contributed by atoms with van der Waals surface area (Å²) in [5, 5.41) is 14.2. The minimum Gasteiger partial charge on any atom is -0.489 e. The van der Waals surface area contributed by atoms with Gasteiger partial charge in [-0.25, -0.2) is 9.18 Å². The Morgan fingerprint density at radius 3 is 2.70 bits per heavy atom. The molecule has 1 aromatic rings. The molecule has 0 saturated heterocycles. The standard InChI is InChI=1S/C14H21FN2O3/c1-9(2)20-13-5-4-11(15)8-12(13)17-14(19)16-7-6-10(3)18/h4-5,8-10,18H,6-7H2,1-3H3,(H2,16,17,19). The highest BCUT2D eigenvalue weighted by atomic mass is 19.1. The third kappa shape index (κ3) is 5.88. The maximum atomic E-state index is 13.2. The van der Waals surface area contributed by atoms with Gasteiger partial charge in [-0.3, -0.25) is 0 Å². The number of anilines is 1. The zero-order valence-electron chi connectivity index (χ0n) is 11.9. The van der Waals surface area contributed by atoms with Crippen LogP contribution in [0.3, 0.4) is 0 Å². The van der Waals surface area contributed by atoms with E-state index in [9.17, 15) is 9.18 Å². The Morgan fingerprint density at radius 1 is 1.40 bits per heavy atom. The summed E-state index contributed by atoms with van der Waals surface area (Å²) >= 11 is 0. The molecule has 2 amide bonds. The van der Waals surface area contributed by atoms with E-state index in [0.29, 0.717) is 18.7 Å². The fourth-order valence-electron chi connectivity index (χ4n) is 1.52. The molecule has 0 fully saturated rings. The molecule has 3 N–H and O–H groups in total. The minimum atomic E-state index is -0.482. The van der Waals surface area contributed by atoms with Gasteiger partial charge in [0, 0.05) is 12.6 Å². The molecule has 1 atom stereocenters. The van der Waals surface area contributed by atoms with Crippen LogP contribution in [0.1, 0.15) is 27.2 Å². The lowest BCUT2D eigenvalue weighted by Crippen LogP contribution is -2.31. The first-order valence-electron chi connectivity index (χ1n) is 6.57. The molecule has 112 valence electrons. The molecular formula is C14H21FN2O3. The van der Waals surface area contributed by atoms with Crippen molar-refractivity contribution in [2.24, 2.45) is 0 Å². The molecule has 20 heavy (non-hydrogen) atoms. The van der Waals surface area contributed by atoms with E-state index in [2.05, 4.69) is 10.6 Å². The number of aliphatic hydroxyl groups is 1. The Bertz CT molecular complexity index is 450. The molecule has 1 aromatic carbocycles. The Hall–Kier alpha value is -1.82. The summed E-state index contributed by atoms with van der Waals surface area (Å²) in [5.41, 5.74) is 0.272. The van der Waals surface area contributed by atoms with Crippen LogP contribution in [0, 0.1) is 5.82 Å². The first-order chi connectivity index (χ1) is 9.38. The van der Waals surface area contributed by atoms with Gasteiger partial charge in [-0.05, 0) is 39.3 Å². The van der Waals surface area contributed by atoms with E-state index in [4.69, 9.17) is 9.84 Å². The highest BCUT2D eigenvalue weighted by Crippen LogP contribution is 2.26. The fraction of sp³-hybridized carbons (Fsp3) is 0.500. The third-order valence-corrected chi connectivity index (χ3v) is 2.40. The summed E-state index contributed by atoms with van der Waals surface area (Å²) in [6.07, 6.45) is -0.116. The molecule has 0 radical (unpaired) electrons. The van der Waals surface area contributed by atoms with Gasteiger partial charge in [0.25, 0.3) is 0 Å². The van der Waals surface area contributed by atoms with Crippen molar-refractivity contribution in [3.63, 3.8) is 0 Å². The molecule has 1 unspecified atom stereocenters. The topological polar surface area (TPSA) is 70.6 Å². The minimum absolute atomic E-state index is 0.0840. The van der Waals surface area contributed by atoms with Crippen molar-refractivity contribution >= 4 is 11.7 Å². The maximum Gasteiger partial charge on any atom is 0.319 e. The van der Waals surface area contributed by atoms with Crippen LogP contribution in [0.25, 0.3) is 0 Å². The van der Waals surface area contributed by atoms with Crippen LogP contribution in [-0.2, 0) is 0 Å². The van der Waals surface area contributed by atoms with Gasteiger partial charge in [-0.1, -0.05) is 0 Å². The summed E-state index contributed by atoms with van der Waals surface area (Å²) in [4.78, 5) is 11.7. The van der Waals surface area contributed by atoms with Crippen molar-refractivity contribution in [1.29, 1.82) is 0 Å². The molecule has 0 saturated carbocycles. The number of urea groups is 1. The number of carbonyl (C=O) groups is 1. The average molecular weight is 284 g/mol. The average Bonchev–Trinajstić information content (AvgIpc) is 2.31. The normalized spacial score (nSPS) is 12.1. The number of halogens is 1. The Labute approximate surface area is 118 Å². The number of hydrogen-bond acceptors (Lipinski definition) is 3. The summed E-state index contributed by atoms with van der Waals surface area (Å²) in [5.74, 6) is -0.0486. The van der Waals surface area contributed by atoms with Crippen LogP contribution < -0.4 is 15.4 Å². The van der Waals surface area contributed by atoms with Crippen molar-refractivity contribution in [3.8, 4) is 5.75 Å². The predicted octanol–water partition coefficient (Wildman–Crippen LogP) is 2.51. The molecular weight excluding hydrogens is 263 g/mol. The van der Waals surface area contributed by atoms with E-state index in [1.807, 2.05) is 13.8 Å². The molecule has 0 spiro atoms. The third-order valence-electron chi connectivity index (χ3n) is 2.40. The second-order valence-corrected chi connectivity index (χ2v) is 4.83. The van der Waals surface area contributed by atoms with Crippen LogP contribution in [0.5, 0.6) is 5.75 Å². The monoisotopic (exact) mass is 284 g/mol. The largest absolute Gasteiger partial charge is 0.489 e. The van der Waals surface area contributed by atoms with Gasteiger partial charge in [0.05, 0.1) is 17.9 Å². The van der Waals surface area contributed by atoms with Crippen LogP contribution in [0.4, 0.5) is 14.9 Å². The number of amides is 2. The smallest absolute Gasteiger partial charge is 0.319 e. The first-order valence-corrected chi connectivity index (χ1v) is 6.57. The fourth-order valence-corrected chi connectivity index (χ4v) is 1.52. The number of aliphatic hydroxyl groups excluding tert-OH is 1. The number of carbonyl (C=O) groups excluding carboxylic acids is 1. The second kappa shape index (κ2) is 7.69. The van der Waals surface area contributed by atoms with Gasteiger partial charge in [0.15, 0.2) is 0 Å². The van der Waals surface area contributed by atoms with Crippen molar-refractivity contribution in [3.05, 3.63) is 24.0 Å². The van der Waals surface area contributed by atoms with Gasteiger partial charge in [-0.15, -0.1) is 0 Å². The molecule has 6 heteroatoms. The zero-order chi connectivity index (χ0) is 15.1. The molecule has 0 aliphatic heterocycles. The molecule has 5 nitrogen and oxygen atoms in total. The van der Waals surface area contributed by atoms with E-state index in [-0.39, 0.29) is 11.8 Å². The van der Waals surface area contributed by atoms with Gasteiger partial charge < -0.3 is 20.5 Å². The summed E-state index contributed by atoms with van der Waals surface area (Å²) in [6, 6.07) is 3.48. The quantitative estimate of drug-likeness (QED) is 0.751. The number of rotatable bonds is 6. The van der Waals surface area contributed by atoms with E-state index < -0.39 is 18.0 Å². The predicted molar refractivity (Wildman–Crippen MR) is 75.5 cm³/mol. The summed E-state index contributed by atoms with van der Waals surface area (Å²) in [6.45, 7) is 5.66. The first kappa shape index (κ1) is 16.2. The van der Waals surface area contributed by atoms with Gasteiger partial charge in [0.2, 0.25) is 0 Å². The van der Waals surface area contributed by atoms with Crippen molar-refractivity contribution in [2.75, 3.05) is 11.9 Å². The Morgan fingerprint density at radius 2 is 2.10 bits per heavy atom.